The molecule has 3 amide bonds. The van der Waals surface area contributed by atoms with Crippen LogP contribution < -0.4 is 5.32 Å². The summed E-state index contributed by atoms with van der Waals surface area (Å²) in [7, 11) is 0. The predicted octanol–water partition coefficient (Wildman–Crippen LogP) is -0.0146. The molecule has 1 aliphatic rings. The molecule has 1 aliphatic heterocycles. The van der Waals surface area contributed by atoms with Gasteiger partial charge in [0.15, 0.2) is 0 Å². The molecule has 0 aliphatic carbocycles. The zero-order valence-electron chi connectivity index (χ0n) is 13.1. The van der Waals surface area contributed by atoms with Gasteiger partial charge in [-0.2, -0.15) is 0 Å². The smallest absolute Gasteiger partial charge is 0.253 e. The molecule has 7 heteroatoms. The maximum Gasteiger partial charge on any atom is 0.253 e. The average Bonchev–Trinajstić information content (AvgIpc) is 2.75. The van der Waals surface area contributed by atoms with Crippen molar-refractivity contribution in [3.8, 4) is 0 Å². The van der Waals surface area contributed by atoms with Crippen molar-refractivity contribution in [3.63, 3.8) is 0 Å². The number of hydrogen-bond donors (Lipinski definition) is 2. The van der Waals surface area contributed by atoms with Crippen LogP contribution in [0.1, 0.15) is 33.1 Å². The zero-order chi connectivity index (χ0) is 16.6. The number of rotatable bonds is 10. The van der Waals surface area contributed by atoms with E-state index in [4.69, 9.17) is 9.84 Å². The lowest BCUT2D eigenvalue weighted by Crippen LogP contribution is -2.35. The first-order valence-electron chi connectivity index (χ1n) is 7.41. The first-order chi connectivity index (χ1) is 10.4. The van der Waals surface area contributed by atoms with Crippen LogP contribution in [0.15, 0.2) is 12.2 Å². The van der Waals surface area contributed by atoms with Crippen LogP contribution in [-0.2, 0) is 19.1 Å². The highest BCUT2D eigenvalue weighted by Crippen LogP contribution is 2.13. The Hall–Kier alpha value is -1.73. The summed E-state index contributed by atoms with van der Waals surface area (Å²) >= 11 is 0. The van der Waals surface area contributed by atoms with Crippen LogP contribution in [0.5, 0.6) is 0 Å². The molecule has 0 saturated heterocycles. The Kier molecular flexibility index (Phi) is 7.20. The second kappa shape index (κ2) is 8.65. The molecule has 2 N–H and O–H groups in total. The number of aliphatic hydroxyl groups excluding tert-OH is 1. The molecule has 1 rings (SSSR count). The lowest BCUT2D eigenvalue weighted by Gasteiger charge is -2.24. The largest absolute Gasteiger partial charge is 0.396 e. The summed E-state index contributed by atoms with van der Waals surface area (Å²) in [5.74, 6) is -0.961. The fourth-order valence-electron chi connectivity index (χ4n) is 1.94. The highest BCUT2D eigenvalue weighted by molar-refractivity contribution is 6.13. The Morgan fingerprint density at radius 1 is 1.32 bits per heavy atom. The van der Waals surface area contributed by atoms with Gasteiger partial charge in [-0.15, -0.1) is 0 Å². The summed E-state index contributed by atoms with van der Waals surface area (Å²) in [5.41, 5.74) is -0.373. The standard InChI is InChI=1S/C15H24N2O5/c1-15(2,7-10-18)22-11-3-8-16-12(19)6-9-17-13(20)4-5-14(17)21/h4-5,18H,3,6-11H2,1-2H3,(H,16,19). The number of ether oxygens (including phenoxy) is 1. The fraction of sp³-hybridized carbons (Fsp3) is 0.667. The summed E-state index contributed by atoms with van der Waals surface area (Å²) in [4.78, 5) is 35.3. The quantitative estimate of drug-likeness (QED) is 0.437. The van der Waals surface area contributed by atoms with E-state index in [9.17, 15) is 14.4 Å². The topological polar surface area (TPSA) is 95.9 Å². The minimum Gasteiger partial charge on any atom is -0.396 e. The summed E-state index contributed by atoms with van der Waals surface area (Å²) in [6, 6.07) is 0. The third-order valence-corrected chi connectivity index (χ3v) is 3.31. The van der Waals surface area contributed by atoms with Gasteiger partial charge in [0.25, 0.3) is 11.8 Å². The Balaban J connectivity index is 2.09. The van der Waals surface area contributed by atoms with E-state index in [1.807, 2.05) is 13.8 Å². The minimum atomic E-state index is -0.377. The summed E-state index contributed by atoms with van der Waals surface area (Å²) in [5, 5.41) is 11.6. The van der Waals surface area contributed by atoms with Gasteiger partial charge in [0, 0.05) is 44.9 Å². The second-order valence-corrected chi connectivity index (χ2v) is 5.70. The number of carbonyl (C=O) groups is 3. The average molecular weight is 312 g/mol. The van der Waals surface area contributed by atoms with Gasteiger partial charge in [-0.05, 0) is 26.7 Å². The Morgan fingerprint density at radius 2 is 1.95 bits per heavy atom. The molecule has 0 saturated carbocycles. The molecular formula is C15H24N2O5. The third kappa shape index (κ3) is 6.36. The van der Waals surface area contributed by atoms with E-state index in [1.165, 1.54) is 12.2 Å². The molecular weight excluding hydrogens is 288 g/mol. The van der Waals surface area contributed by atoms with Crippen LogP contribution in [0.3, 0.4) is 0 Å². The van der Waals surface area contributed by atoms with Crippen molar-refractivity contribution in [1.29, 1.82) is 0 Å². The van der Waals surface area contributed by atoms with E-state index in [1.54, 1.807) is 0 Å². The maximum atomic E-state index is 11.6. The van der Waals surface area contributed by atoms with Crippen LogP contribution in [0, 0.1) is 0 Å². The van der Waals surface area contributed by atoms with Crippen LogP contribution in [-0.4, -0.2) is 59.6 Å². The van der Waals surface area contributed by atoms with E-state index in [0.717, 1.165) is 4.90 Å². The summed E-state index contributed by atoms with van der Waals surface area (Å²) < 4.78 is 5.60. The predicted molar refractivity (Wildman–Crippen MR) is 79.8 cm³/mol. The maximum absolute atomic E-state index is 11.6. The molecule has 0 unspecified atom stereocenters. The number of imide groups is 1. The Bertz CT molecular complexity index is 427. The SMILES string of the molecule is CC(C)(CCO)OCCCNC(=O)CCN1C(=O)C=CC1=O. The van der Waals surface area contributed by atoms with Gasteiger partial charge in [0.05, 0.1) is 5.60 Å². The lowest BCUT2D eigenvalue weighted by molar-refractivity contribution is -0.137. The zero-order valence-corrected chi connectivity index (χ0v) is 13.1. The van der Waals surface area contributed by atoms with E-state index in [0.29, 0.717) is 26.0 Å². The molecule has 1 heterocycles. The van der Waals surface area contributed by atoms with Crippen LogP contribution in [0.2, 0.25) is 0 Å². The van der Waals surface area contributed by atoms with E-state index >= 15 is 0 Å². The molecule has 0 aromatic heterocycles. The van der Waals surface area contributed by atoms with Crippen LogP contribution in [0.25, 0.3) is 0 Å². The molecule has 0 fully saturated rings. The molecule has 0 spiro atoms. The van der Waals surface area contributed by atoms with Gasteiger partial charge in [-0.25, -0.2) is 0 Å². The van der Waals surface area contributed by atoms with Gasteiger partial charge in [-0.3, -0.25) is 19.3 Å². The molecule has 0 aromatic carbocycles. The normalized spacial score (nSPS) is 14.8. The van der Waals surface area contributed by atoms with Crippen molar-refractivity contribution < 1.29 is 24.2 Å². The second-order valence-electron chi connectivity index (χ2n) is 5.70. The van der Waals surface area contributed by atoms with Crippen LogP contribution in [0.4, 0.5) is 0 Å². The number of carbonyl (C=O) groups excluding carboxylic acids is 3. The van der Waals surface area contributed by atoms with Crippen molar-refractivity contribution in [2.75, 3.05) is 26.3 Å². The summed E-state index contributed by atoms with van der Waals surface area (Å²) in [6.07, 6.45) is 3.71. The van der Waals surface area contributed by atoms with E-state index in [2.05, 4.69) is 5.32 Å². The van der Waals surface area contributed by atoms with E-state index < -0.39 is 0 Å². The number of amides is 3. The van der Waals surface area contributed by atoms with Crippen molar-refractivity contribution in [2.45, 2.75) is 38.7 Å². The van der Waals surface area contributed by atoms with Gasteiger partial charge in [0.2, 0.25) is 5.91 Å². The first-order valence-corrected chi connectivity index (χ1v) is 7.41. The highest BCUT2D eigenvalue weighted by atomic mass is 16.5. The monoisotopic (exact) mass is 312 g/mol. The number of nitrogens with one attached hydrogen (secondary N) is 1. The number of aliphatic hydroxyl groups is 1. The first kappa shape index (κ1) is 18.3. The molecule has 0 aromatic rings. The molecule has 124 valence electrons. The molecule has 7 nitrogen and oxygen atoms in total. The Labute approximate surface area is 130 Å². The lowest BCUT2D eigenvalue weighted by atomic mass is 10.1. The van der Waals surface area contributed by atoms with Gasteiger partial charge in [0.1, 0.15) is 0 Å². The number of nitrogens with zero attached hydrogens (tertiary/aromatic N) is 1. The van der Waals surface area contributed by atoms with E-state index in [-0.39, 0.29) is 42.9 Å². The van der Waals surface area contributed by atoms with Crippen molar-refractivity contribution in [2.24, 2.45) is 0 Å². The molecule has 22 heavy (non-hydrogen) atoms. The highest BCUT2D eigenvalue weighted by Gasteiger charge is 2.23. The van der Waals surface area contributed by atoms with Crippen molar-refractivity contribution >= 4 is 17.7 Å². The fourth-order valence-corrected chi connectivity index (χ4v) is 1.94. The van der Waals surface area contributed by atoms with Gasteiger partial charge >= 0.3 is 0 Å². The van der Waals surface area contributed by atoms with Crippen molar-refractivity contribution in [1.82, 2.24) is 10.2 Å². The number of hydrogen-bond acceptors (Lipinski definition) is 5. The minimum absolute atomic E-state index is 0.0759. The van der Waals surface area contributed by atoms with Gasteiger partial charge in [-0.1, -0.05) is 0 Å². The third-order valence-electron chi connectivity index (χ3n) is 3.31. The molecule has 0 bridgehead atoms. The van der Waals surface area contributed by atoms with Crippen LogP contribution >= 0.6 is 0 Å². The summed E-state index contributed by atoms with van der Waals surface area (Å²) in [6.45, 7) is 4.93. The van der Waals surface area contributed by atoms with Gasteiger partial charge < -0.3 is 15.2 Å². The Morgan fingerprint density at radius 3 is 2.55 bits per heavy atom. The molecule has 0 radical (unpaired) electrons. The van der Waals surface area contributed by atoms with Crippen molar-refractivity contribution in [3.05, 3.63) is 12.2 Å². The molecule has 0 atom stereocenters.